The van der Waals surface area contributed by atoms with Crippen LogP contribution in [0.1, 0.15) is 24.1 Å². The second-order valence-electron chi connectivity index (χ2n) is 5.27. The fourth-order valence-corrected chi connectivity index (χ4v) is 3.98. The molecule has 1 unspecified atom stereocenters. The van der Waals surface area contributed by atoms with Crippen molar-refractivity contribution in [3.05, 3.63) is 69.8 Å². The molecule has 2 aromatic rings. The number of nitro groups is 1. The highest BCUT2D eigenvalue weighted by atomic mass is 32.2. The van der Waals surface area contributed by atoms with Crippen LogP contribution in [-0.4, -0.2) is 24.7 Å². The molecule has 0 fully saturated rings. The molecule has 2 rings (SSSR count). The van der Waals surface area contributed by atoms with Crippen LogP contribution in [0.3, 0.4) is 0 Å². The van der Waals surface area contributed by atoms with E-state index in [9.17, 15) is 18.5 Å². The van der Waals surface area contributed by atoms with Gasteiger partial charge in [0.2, 0.25) is 10.0 Å². The number of hydrogen-bond acceptors (Lipinski definition) is 4. The Bertz CT molecular complexity index is 819. The maximum Gasteiger partial charge on any atom is 0.273 e. The molecule has 1 atom stereocenters. The lowest BCUT2D eigenvalue weighted by atomic mass is 10.1. The van der Waals surface area contributed by atoms with Crippen LogP contribution < -0.4 is 0 Å². The standard InChI is InChI=1S/C16H18N2O4S/c1-12-15(18(19)20)10-7-11-16(12)23(21,22)17(3)13(2)14-8-5-4-6-9-14/h4-11,13H,1-3H3. The van der Waals surface area contributed by atoms with Crippen LogP contribution in [0.15, 0.2) is 53.4 Å². The third kappa shape index (κ3) is 3.25. The number of nitro benzene ring substituents is 1. The zero-order chi connectivity index (χ0) is 17.2. The summed E-state index contributed by atoms with van der Waals surface area (Å²) >= 11 is 0. The first-order valence-corrected chi connectivity index (χ1v) is 8.47. The van der Waals surface area contributed by atoms with E-state index in [0.717, 1.165) is 5.56 Å². The number of benzene rings is 2. The Hall–Kier alpha value is -2.25. The first kappa shape index (κ1) is 17.1. The summed E-state index contributed by atoms with van der Waals surface area (Å²) in [6.45, 7) is 3.23. The van der Waals surface area contributed by atoms with Crippen molar-refractivity contribution in [1.82, 2.24) is 4.31 Å². The third-order valence-electron chi connectivity index (χ3n) is 3.94. The zero-order valence-electron chi connectivity index (χ0n) is 13.1. The molecule has 0 aliphatic heterocycles. The van der Waals surface area contributed by atoms with Crippen molar-refractivity contribution in [2.75, 3.05) is 7.05 Å². The van der Waals surface area contributed by atoms with E-state index in [2.05, 4.69) is 0 Å². The molecule has 23 heavy (non-hydrogen) atoms. The Morgan fingerprint density at radius 2 is 1.70 bits per heavy atom. The molecule has 0 bridgehead atoms. The molecule has 7 heteroatoms. The van der Waals surface area contributed by atoms with Crippen molar-refractivity contribution >= 4 is 15.7 Å². The lowest BCUT2D eigenvalue weighted by Crippen LogP contribution is -2.30. The van der Waals surface area contributed by atoms with Crippen molar-refractivity contribution in [2.45, 2.75) is 24.8 Å². The van der Waals surface area contributed by atoms with E-state index in [-0.39, 0.29) is 22.2 Å². The predicted octanol–water partition coefficient (Wildman–Crippen LogP) is 3.28. The largest absolute Gasteiger partial charge is 0.273 e. The molecular formula is C16H18N2O4S. The van der Waals surface area contributed by atoms with Gasteiger partial charge in [-0.05, 0) is 25.5 Å². The molecule has 0 aliphatic carbocycles. The number of rotatable bonds is 5. The van der Waals surface area contributed by atoms with Gasteiger partial charge in [0.15, 0.2) is 0 Å². The SMILES string of the molecule is Cc1c([N+](=O)[O-])cccc1S(=O)(=O)N(C)C(C)c1ccccc1. The Labute approximate surface area is 135 Å². The van der Waals surface area contributed by atoms with Crippen molar-refractivity contribution in [3.63, 3.8) is 0 Å². The molecule has 0 amide bonds. The van der Waals surface area contributed by atoms with Crippen LogP contribution in [0.4, 0.5) is 5.69 Å². The number of sulfonamides is 1. The molecule has 2 aromatic carbocycles. The summed E-state index contributed by atoms with van der Waals surface area (Å²) in [5.74, 6) is 0. The van der Waals surface area contributed by atoms with Crippen molar-refractivity contribution in [3.8, 4) is 0 Å². The van der Waals surface area contributed by atoms with Crippen LogP contribution >= 0.6 is 0 Å². The minimum Gasteiger partial charge on any atom is -0.258 e. The summed E-state index contributed by atoms with van der Waals surface area (Å²) in [5, 5.41) is 11.0. The summed E-state index contributed by atoms with van der Waals surface area (Å²) in [6, 6.07) is 12.9. The second-order valence-corrected chi connectivity index (χ2v) is 7.23. The van der Waals surface area contributed by atoms with Crippen molar-refractivity contribution < 1.29 is 13.3 Å². The molecule has 0 aromatic heterocycles. The molecule has 0 spiro atoms. The van der Waals surface area contributed by atoms with E-state index in [1.807, 2.05) is 30.3 Å². The van der Waals surface area contributed by atoms with Crippen LogP contribution in [0.2, 0.25) is 0 Å². The van der Waals surface area contributed by atoms with Gasteiger partial charge in [0, 0.05) is 24.7 Å². The topological polar surface area (TPSA) is 80.5 Å². The maximum absolute atomic E-state index is 12.8. The minimum atomic E-state index is -3.84. The minimum absolute atomic E-state index is 0.0445. The Kier molecular flexibility index (Phi) is 4.82. The lowest BCUT2D eigenvalue weighted by molar-refractivity contribution is -0.385. The summed E-state index contributed by atoms with van der Waals surface area (Å²) in [4.78, 5) is 10.4. The highest BCUT2D eigenvalue weighted by Crippen LogP contribution is 2.30. The summed E-state index contributed by atoms with van der Waals surface area (Å²) in [6.07, 6.45) is 0. The average molecular weight is 334 g/mol. The van der Waals surface area contributed by atoms with Gasteiger partial charge in [-0.2, -0.15) is 4.31 Å². The monoisotopic (exact) mass is 334 g/mol. The van der Waals surface area contributed by atoms with Gasteiger partial charge in [0.25, 0.3) is 5.69 Å². The fourth-order valence-electron chi connectivity index (χ4n) is 2.38. The normalized spacial score (nSPS) is 13.0. The second kappa shape index (κ2) is 6.47. The molecule has 0 radical (unpaired) electrons. The average Bonchev–Trinajstić information content (AvgIpc) is 2.54. The van der Waals surface area contributed by atoms with Gasteiger partial charge < -0.3 is 0 Å². The lowest BCUT2D eigenvalue weighted by Gasteiger charge is -2.25. The Morgan fingerprint density at radius 1 is 1.09 bits per heavy atom. The third-order valence-corrected chi connectivity index (χ3v) is 6.01. The quantitative estimate of drug-likeness (QED) is 0.621. The van der Waals surface area contributed by atoms with E-state index >= 15 is 0 Å². The van der Waals surface area contributed by atoms with E-state index < -0.39 is 14.9 Å². The van der Waals surface area contributed by atoms with Gasteiger partial charge >= 0.3 is 0 Å². The van der Waals surface area contributed by atoms with Gasteiger partial charge in [0.1, 0.15) is 0 Å². The van der Waals surface area contributed by atoms with Gasteiger partial charge in [0.05, 0.1) is 9.82 Å². The van der Waals surface area contributed by atoms with Crippen LogP contribution in [0, 0.1) is 17.0 Å². The Balaban J connectivity index is 2.46. The summed E-state index contributed by atoms with van der Waals surface area (Å²) in [5.41, 5.74) is 0.790. The molecule has 0 saturated carbocycles. The van der Waals surface area contributed by atoms with E-state index in [4.69, 9.17) is 0 Å². The zero-order valence-corrected chi connectivity index (χ0v) is 13.9. The first-order chi connectivity index (χ1) is 10.8. The van der Waals surface area contributed by atoms with Crippen molar-refractivity contribution in [1.29, 1.82) is 0 Å². The highest BCUT2D eigenvalue weighted by molar-refractivity contribution is 7.89. The summed E-state index contributed by atoms with van der Waals surface area (Å²) in [7, 11) is -2.37. The maximum atomic E-state index is 12.8. The fraction of sp³-hybridized carbons (Fsp3) is 0.250. The first-order valence-electron chi connectivity index (χ1n) is 7.03. The van der Waals surface area contributed by atoms with Gasteiger partial charge in [-0.1, -0.05) is 36.4 Å². The van der Waals surface area contributed by atoms with Crippen LogP contribution in [-0.2, 0) is 10.0 Å². The number of nitrogens with zero attached hydrogens (tertiary/aromatic N) is 2. The molecule has 122 valence electrons. The molecule has 0 heterocycles. The molecule has 6 nitrogen and oxygen atoms in total. The van der Waals surface area contributed by atoms with Crippen LogP contribution in [0.25, 0.3) is 0 Å². The summed E-state index contributed by atoms with van der Waals surface area (Å²) < 4.78 is 26.9. The smallest absolute Gasteiger partial charge is 0.258 e. The van der Waals surface area contributed by atoms with Gasteiger partial charge in [-0.15, -0.1) is 0 Å². The Morgan fingerprint density at radius 3 is 2.26 bits per heavy atom. The van der Waals surface area contributed by atoms with E-state index in [1.54, 1.807) is 6.92 Å². The van der Waals surface area contributed by atoms with Crippen molar-refractivity contribution in [2.24, 2.45) is 0 Å². The van der Waals surface area contributed by atoms with E-state index in [1.165, 1.54) is 36.5 Å². The molecule has 0 aliphatic rings. The molecule has 0 saturated heterocycles. The predicted molar refractivity (Wildman–Crippen MR) is 87.6 cm³/mol. The van der Waals surface area contributed by atoms with E-state index in [0.29, 0.717) is 0 Å². The number of hydrogen-bond donors (Lipinski definition) is 0. The molecule has 0 N–H and O–H groups in total. The van der Waals surface area contributed by atoms with Gasteiger partial charge in [-0.3, -0.25) is 10.1 Å². The highest BCUT2D eigenvalue weighted by Gasteiger charge is 2.30. The molecular weight excluding hydrogens is 316 g/mol. The van der Waals surface area contributed by atoms with Crippen LogP contribution in [0.5, 0.6) is 0 Å². The van der Waals surface area contributed by atoms with Gasteiger partial charge in [-0.25, -0.2) is 8.42 Å².